The van der Waals surface area contributed by atoms with Crippen LogP contribution in [0.15, 0.2) is 46.9 Å². The van der Waals surface area contributed by atoms with Gasteiger partial charge in [0.25, 0.3) is 0 Å². The summed E-state index contributed by atoms with van der Waals surface area (Å²) in [5.74, 6) is 1.66. The molecule has 0 radical (unpaired) electrons. The topological polar surface area (TPSA) is 35.2 Å². The van der Waals surface area contributed by atoms with Crippen LogP contribution in [0.4, 0.5) is 0 Å². The van der Waals surface area contributed by atoms with Gasteiger partial charge in [0.05, 0.1) is 4.47 Å². The van der Waals surface area contributed by atoms with Gasteiger partial charge < -0.3 is 10.5 Å². The first-order valence-electron chi connectivity index (χ1n) is 7.42. The second kappa shape index (κ2) is 7.62. The Hall–Kier alpha value is -1.32. The number of halogens is 1. The van der Waals surface area contributed by atoms with E-state index in [2.05, 4.69) is 35.0 Å². The van der Waals surface area contributed by atoms with E-state index >= 15 is 0 Å². The van der Waals surface area contributed by atoms with Crippen LogP contribution in [0.2, 0.25) is 0 Å². The summed E-state index contributed by atoms with van der Waals surface area (Å²) in [4.78, 5) is 0. The third-order valence-corrected chi connectivity index (χ3v) is 4.07. The summed E-state index contributed by atoms with van der Waals surface area (Å²) in [7, 11) is 0. The summed E-state index contributed by atoms with van der Waals surface area (Å²) in [6.07, 6.45) is 3.57. The van der Waals surface area contributed by atoms with Gasteiger partial charge in [0.15, 0.2) is 0 Å². The molecule has 2 rings (SSSR count). The van der Waals surface area contributed by atoms with E-state index in [0.717, 1.165) is 28.0 Å². The lowest BCUT2D eigenvalue weighted by Crippen LogP contribution is -2.04. The summed E-state index contributed by atoms with van der Waals surface area (Å²) in [5.41, 5.74) is 8.32. The van der Waals surface area contributed by atoms with Crippen molar-refractivity contribution in [2.75, 3.05) is 0 Å². The molecule has 0 aliphatic heterocycles. The molecule has 0 amide bonds. The second-order valence-corrected chi connectivity index (χ2v) is 6.18. The zero-order valence-electron chi connectivity index (χ0n) is 12.6. The van der Waals surface area contributed by atoms with Gasteiger partial charge in [-0.15, -0.1) is 0 Å². The molecule has 0 heterocycles. The van der Waals surface area contributed by atoms with Crippen molar-refractivity contribution in [2.24, 2.45) is 5.73 Å². The number of rotatable bonds is 6. The Balaban J connectivity index is 2.07. The van der Waals surface area contributed by atoms with Gasteiger partial charge in [-0.2, -0.15) is 0 Å². The van der Waals surface area contributed by atoms with Gasteiger partial charge in [-0.3, -0.25) is 0 Å². The van der Waals surface area contributed by atoms with Crippen molar-refractivity contribution in [3.05, 3.63) is 58.1 Å². The standard InChI is InChI=1S/C18H22BrNO/c1-3-4-5-14-6-9-16(10-7-14)21-18-11-8-15(13(2)20)12-17(18)19/h6-13H,3-5,20H2,1-2H3/t13-/m0/s1. The van der Waals surface area contributed by atoms with Crippen molar-refractivity contribution in [1.29, 1.82) is 0 Å². The monoisotopic (exact) mass is 347 g/mol. The number of hydrogen-bond donors (Lipinski definition) is 1. The van der Waals surface area contributed by atoms with Crippen LogP contribution >= 0.6 is 15.9 Å². The average Bonchev–Trinajstić information content (AvgIpc) is 2.48. The number of ether oxygens (including phenoxy) is 1. The van der Waals surface area contributed by atoms with Gasteiger partial charge in [-0.25, -0.2) is 0 Å². The highest BCUT2D eigenvalue weighted by atomic mass is 79.9. The molecule has 2 N–H and O–H groups in total. The lowest BCUT2D eigenvalue weighted by molar-refractivity contribution is 0.479. The first-order valence-corrected chi connectivity index (χ1v) is 8.21. The molecule has 3 heteroatoms. The highest BCUT2D eigenvalue weighted by Crippen LogP contribution is 2.31. The fraction of sp³-hybridized carbons (Fsp3) is 0.333. The zero-order chi connectivity index (χ0) is 15.2. The maximum absolute atomic E-state index is 5.92. The Labute approximate surface area is 135 Å². The number of hydrogen-bond acceptors (Lipinski definition) is 2. The third-order valence-electron chi connectivity index (χ3n) is 3.45. The molecule has 2 aromatic rings. The molecule has 0 fully saturated rings. The quantitative estimate of drug-likeness (QED) is 0.737. The Bertz CT molecular complexity index is 578. The lowest BCUT2D eigenvalue weighted by Gasteiger charge is -2.11. The van der Waals surface area contributed by atoms with Crippen molar-refractivity contribution in [1.82, 2.24) is 0 Å². The van der Waals surface area contributed by atoms with Gasteiger partial charge in [0.1, 0.15) is 11.5 Å². The number of benzene rings is 2. The van der Waals surface area contributed by atoms with Crippen LogP contribution in [0.25, 0.3) is 0 Å². The van der Waals surface area contributed by atoms with E-state index in [9.17, 15) is 0 Å². The van der Waals surface area contributed by atoms with E-state index in [1.54, 1.807) is 0 Å². The fourth-order valence-electron chi connectivity index (χ4n) is 2.12. The van der Waals surface area contributed by atoms with Crippen molar-refractivity contribution >= 4 is 15.9 Å². The molecule has 2 aromatic carbocycles. The summed E-state index contributed by atoms with van der Waals surface area (Å²) < 4.78 is 6.84. The van der Waals surface area contributed by atoms with Gasteiger partial charge in [0, 0.05) is 6.04 Å². The maximum Gasteiger partial charge on any atom is 0.141 e. The molecule has 0 aliphatic rings. The van der Waals surface area contributed by atoms with E-state index < -0.39 is 0 Å². The first kappa shape index (κ1) is 16.1. The molecular formula is C18H22BrNO. The molecule has 0 aromatic heterocycles. The summed E-state index contributed by atoms with van der Waals surface area (Å²) in [6, 6.07) is 14.3. The van der Waals surface area contributed by atoms with Crippen LogP contribution in [0.1, 0.15) is 43.9 Å². The molecule has 0 saturated carbocycles. The predicted molar refractivity (Wildman–Crippen MR) is 91.9 cm³/mol. The van der Waals surface area contributed by atoms with Crippen LogP contribution in [0, 0.1) is 0 Å². The fourth-order valence-corrected chi connectivity index (χ4v) is 2.59. The van der Waals surface area contributed by atoms with E-state index in [1.165, 1.54) is 18.4 Å². The van der Waals surface area contributed by atoms with Gasteiger partial charge in [0.2, 0.25) is 0 Å². The van der Waals surface area contributed by atoms with E-state index in [4.69, 9.17) is 10.5 Å². The highest BCUT2D eigenvalue weighted by molar-refractivity contribution is 9.10. The number of unbranched alkanes of at least 4 members (excludes halogenated alkanes) is 1. The van der Waals surface area contributed by atoms with Crippen molar-refractivity contribution < 1.29 is 4.74 Å². The average molecular weight is 348 g/mol. The molecule has 0 bridgehead atoms. The SMILES string of the molecule is CCCCc1ccc(Oc2ccc([C@H](C)N)cc2Br)cc1. The van der Waals surface area contributed by atoms with Crippen LogP contribution in [0.3, 0.4) is 0 Å². The molecule has 21 heavy (non-hydrogen) atoms. The van der Waals surface area contributed by atoms with Crippen LogP contribution in [-0.2, 0) is 6.42 Å². The Kier molecular flexibility index (Phi) is 5.83. The second-order valence-electron chi connectivity index (χ2n) is 5.33. The largest absolute Gasteiger partial charge is 0.456 e. The van der Waals surface area contributed by atoms with Crippen LogP contribution < -0.4 is 10.5 Å². The van der Waals surface area contributed by atoms with Gasteiger partial charge in [-0.05, 0) is 71.1 Å². The van der Waals surface area contributed by atoms with Crippen LogP contribution in [-0.4, -0.2) is 0 Å². The minimum absolute atomic E-state index is 0.0215. The van der Waals surface area contributed by atoms with E-state index in [-0.39, 0.29) is 6.04 Å². The minimum atomic E-state index is 0.0215. The first-order chi connectivity index (χ1) is 10.1. The zero-order valence-corrected chi connectivity index (χ0v) is 14.2. The van der Waals surface area contributed by atoms with Crippen molar-refractivity contribution in [3.8, 4) is 11.5 Å². The highest BCUT2D eigenvalue weighted by Gasteiger charge is 2.06. The summed E-state index contributed by atoms with van der Waals surface area (Å²) >= 11 is 3.54. The van der Waals surface area contributed by atoms with Gasteiger partial charge in [-0.1, -0.05) is 31.5 Å². The van der Waals surface area contributed by atoms with Crippen molar-refractivity contribution in [2.45, 2.75) is 39.2 Å². The molecule has 0 saturated heterocycles. The molecule has 1 atom stereocenters. The van der Waals surface area contributed by atoms with Crippen LogP contribution in [0.5, 0.6) is 11.5 Å². The molecular weight excluding hydrogens is 326 g/mol. The van der Waals surface area contributed by atoms with Crippen molar-refractivity contribution in [3.63, 3.8) is 0 Å². The summed E-state index contributed by atoms with van der Waals surface area (Å²) in [5, 5.41) is 0. The summed E-state index contributed by atoms with van der Waals surface area (Å²) in [6.45, 7) is 4.18. The normalized spacial score (nSPS) is 12.2. The predicted octanol–water partition coefficient (Wildman–Crippen LogP) is 5.60. The Morgan fingerprint density at radius 1 is 1.14 bits per heavy atom. The third kappa shape index (κ3) is 4.58. The van der Waals surface area contributed by atoms with Gasteiger partial charge >= 0.3 is 0 Å². The lowest BCUT2D eigenvalue weighted by atomic mass is 10.1. The molecule has 2 nitrogen and oxygen atoms in total. The van der Waals surface area contributed by atoms with E-state index in [1.807, 2.05) is 37.3 Å². The molecule has 0 spiro atoms. The molecule has 0 unspecified atom stereocenters. The number of nitrogens with two attached hydrogens (primary N) is 1. The molecule has 112 valence electrons. The Morgan fingerprint density at radius 3 is 2.43 bits per heavy atom. The maximum atomic E-state index is 5.92. The molecule has 0 aliphatic carbocycles. The Morgan fingerprint density at radius 2 is 1.86 bits per heavy atom. The number of aryl methyl sites for hydroxylation is 1. The minimum Gasteiger partial charge on any atom is -0.456 e. The van der Waals surface area contributed by atoms with E-state index in [0.29, 0.717) is 0 Å². The smallest absolute Gasteiger partial charge is 0.141 e.